The van der Waals surface area contributed by atoms with Crippen molar-refractivity contribution in [3.63, 3.8) is 0 Å². The number of amides is 2. The third kappa shape index (κ3) is 22.8. The molecule has 0 saturated carbocycles. The smallest absolute Gasteiger partial charge is 0.242 e. The Morgan fingerprint density at radius 1 is 0.800 bits per heavy atom. The van der Waals surface area contributed by atoms with Crippen LogP contribution in [0.3, 0.4) is 0 Å². The van der Waals surface area contributed by atoms with Gasteiger partial charge in [0.1, 0.15) is 6.04 Å². The highest BCUT2D eigenvalue weighted by Crippen LogP contribution is 2.13. The molecule has 8 nitrogen and oxygen atoms in total. The second kappa shape index (κ2) is 28.6. The molecule has 0 aliphatic rings. The molecule has 0 bridgehead atoms. The fraction of sp³-hybridized carbons (Fsp3) is 0.844. The second-order valence-electron chi connectivity index (χ2n) is 11.0. The molecule has 40 heavy (non-hydrogen) atoms. The summed E-state index contributed by atoms with van der Waals surface area (Å²) in [6, 6.07) is -0.617. The highest BCUT2D eigenvalue weighted by atomic mass is 16.2. The zero-order valence-corrected chi connectivity index (χ0v) is 25.0. The van der Waals surface area contributed by atoms with E-state index < -0.39 is 6.04 Å². The molecular formula is C32H64N6O2. The van der Waals surface area contributed by atoms with Gasteiger partial charge in [0.2, 0.25) is 11.8 Å². The lowest BCUT2D eigenvalue weighted by molar-refractivity contribution is -0.129. The van der Waals surface area contributed by atoms with Crippen molar-refractivity contribution < 1.29 is 9.59 Å². The van der Waals surface area contributed by atoms with Crippen LogP contribution in [0.1, 0.15) is 142 Å². The number of imidazole rings is 1. The fourth-order valence-corrected chi connectivity index (χ4v) is 4.83. The van der Waals surface area contributed by atoms with Gasteiger partial charge in [-0.15, -0.1) is 0 Å². The van der Waals surface area contributed by atoms with Crippen LogP contribution in [0.15, 0.2) is 12.5 Å². The number of unbranched alkanes of at least 4 members (excludes halogenated alkanes) is 15. The van der Waals surface area contributed by atoms with Gasteiger partial charge in [-0.1, -0.05) is 111 Å². The van der Waals surface area contributed by atoms with Gasteiger partial charge in [-0.25, -0.2) is 4.98 Å². The number of hydrogen-bond acceptors (Lipinski definition) is 5. The van der Waals surface area contributed by atoms with Crippen LogP contribution in [-0.2, 0) is 16.0 Å². The van der Waals surface area contributed by atoms with Crippen LogP contribution in [0.25, 0.3) is 0 Å². The molecule has 234 valence electrons. The molecule has 1 unspecified atom stereocenters. The molecule has 0 aliphatic carbocycles. The van der Waals surface area contributed by atoms with Crippen LogP contribution in [-0.4, -0.2) is 54.0 Å². The van der Waals surface area contributed by atoms with E-state index >= 15 is 0 Å². The molecule has 6 N–H and O–H groups in total. The van der Waals surface area contributed by atoms with Gasteiger partial charge in [0, 0.05) is 31.3 Å². The fourth-order valence-electron chi connectivity index (χ4n) is 4.83. The van der Waals surface area contributed by atoms with E-state index in [1.54, 1.807) is 12.5 Å². The van der Waals surface area contributed by atoms with E-state index in [1.807, 2.05) is 0 Å². The highest BCUT2D eigenvalue weighted by molar-refractivity contribution is 5.87. The lowest BCUT2D eigenvalue weighted by atomic mass is 10.0. The van der Waals surface area contributed by atoms with Gasteiger partial charge in [0.25, 0.3) is 0 Å². The molecule has 0 radical (unpaired) electrons. The molecule has 0 aromatic carbocycles. The molecule has 1 aromatic heterocycles. The Morgan fingerprint density at radius 3 is 1.88 bits per heavy atom. The van der Waals surface area contributed by atoms with Crippen molar-refractivity contribution in [2.24, 2.45) is 5.73 Å². The summed E-state index contributed by atoms with van der Waals surface area (Å²) in [6.07, 6.45) is 27.6. The lowest BCUT2D eigenvalue weighted by Gasteiger charge is -2.18. The molecule has 0 aliphatic heterocycles. The number of nitrogens with one attached hydrogen (secondary N) is 4. The summed E-state index contributed by atoms with van der Waals surface area (Å²) in [6.45, 7) is 5.13. The summed E-state index contributed by atoms with van der Waals surface area (Å²) in [5.41, 5.74) is 6.32. The predicted octanol–water partition coefficient (Wildman–Crippen LogP) is 6.17. The van der Waals surface area contributed by atoms with Crippen LogP contribution in [0.2, 0.25) is 0 Å². The number of nitrogens with two attached hydrogens (primary N) is 1. The van der Waals surface area contributed by atoms with Crippen LogP contribution >= 0.6 is 0 Å². The monoisotopic (exact) mass is 565 g/mol. The average molecular weight is 565 g/mol. The molecule has 1 atom stereocenters. The van der Waals surface area contributed by atoms with Crippen LogP contribution < -0.4 is 21.7 Å². The van der Waals surface area contributed by atoms with E-state index in [0.29, 0.717) is 32.4 Å². The first-order valence-electron chi connectivity index (χ1n) is 16.1. The Labute approximate surface area is 246 Å². The number of H-pyrrole nitrogens is 1. The summed E-state index contributed by atoms with van der Waals surface area (Å²) in [4.78, 5) is 32.0. The van der Waals surface area contributed by atoms with E-state index in [2.05, 4.69) is 32.8 Å². The maximum Gasteiger partial charge on any atom is 0.242 e. The van der Waals surface area contributed by atoms with Gasteiger partial charge in [0.15, 0.2) is 0 Å². The Morgan fingerprint density at radius 2 is 1.35 bits per heavy atom. The van der Waals surface area contributed by atoms with Crippen molar-refractivity contribution in [1.29, 1.82) is 0 Å². The van der Waals surface area contributed by atoms with Crippen molar-refractivity contribution in [1.82, 2.24) is 25.9 Å². The molecule has 0 spiro atoms. The summed E-state index contributed by atoms with van der Waals surface area (Å²) >= 11 is 0. The first-order chi connectivity index (χ1) is 19.2. The van der Waals surface area contributed by atoms with Gasteiger partial charge in [0.05, 0.1) is 6.33 Å². The third-order valence-corrected chi connectivity index (χ3v) is 7.28. The Kier molecular flexibility index (Phi) is 27.2. The summed E-state index contributed by atoms with van der Waals surface area (Å²) < 4.78 is 0. The Balaban J connectivity index is 0.0000152. The van der Waals surface area contributed by atoms with Crippen molar-refractivity contribution in [3.05, 3.63) is 18.2 Å². The number of hydrogen-bond donors (Lipinski definition) is 5. The van der Waals surface area contributed by atoms with Gasteiger partial charge >= 0.3 is 0 Å². The second-order valence-corrected chi connectivity index (χ2v) is 11.0. The zero-order chi connectivity index (χ0) is 28.2. The van der Waals surface area contributed by atoms with Gasteiger partial charge in [-0.05, 0) is 38.9 Å². The molecule has 8 heteroatoms. The van der Waals surface area contributed by atoms with Gasteiger partial charge in [-0.2, -0.15) is 0 Å². The van der Waals surface area contributed by atoms with Crippen molar-refractivity contribution in [2.45, 2.75) is 149 Å². The highest BCUT2D eigenvalue weighted by Gasteiger charge is 2.21. The van der Waals surface area contributed by atoms with E-state index in [1.165, 1.54) is 103 Å². The summed E-state index contributed by atoms with van der Waals surface area (Å²) in [7, 11) is 0. The van der Waals surface area contributed by atoms with Crippen LogP contribution in [0.5, 0.6) is 0 Å². The minimum atomic E-state index is -0.617. The van der Waals surface area contributed by atoms with Crippen LogP contribution in [0, 0.1) is 0 Å². The Hall–Kier alpha value is -1.93. The summed E-state index contributed by atoms with van der Waals surface area (Å²) in [5.74, 6) is -0.286. The molecule has 2 amide bonds. The number of aromatic amines is 1. The molecule has 1 aromatic rings. The van der Waals surface area contributed by atoms with Gasteiger partial charge < -0.3 is 26.7 Å². The van der Waals surface area contributed by atoms with E-state index in [-0.39, 0.29) is 19.2 Å². The summed E-state index contributed by atoms with van der Waals surface area (Å²) in [5, 5.41) is 9.19. The number of rotatable bonds is 28. The first kappa shape index (κ1) is 38.1. The molecular weight excluding hydrogens is 500 g/mol. The lowest BCUT2D eigenvalue weighted by Crippen LogP contribution is -2.48. The van der Waals surface area contributed by atoms with Gasteiger partial charge in [-0.3, -0.25) is 9.59 Å². The van der Waals surface area contributed by atoms with E-state index in [9.17, 15) is 9.59 Å². The molecule has 1 rings (SSSR count). The third-order valence-electron chi connectivity index (χ3n) is 7.28. The van der Waals surface area contributed by atoms with Crippen molar-refractivity contribution in [3.8, 4) is 0 Å². The number of aromatic nitrogens is 2. The van der Waals surface area contributed by atoms with E-state index in [4.69, 9.17) is 5.73 Å². The molecule has 1 heterocycles. The standard InChI is InChI=1S/C31H60N6O2.CH4/c1-2-3-4-5-6-7-8-9-10-11-12-13-14-15-16-17-22-33-23-18-20-30(38)37-29(25-28-26-34-27-36-28)31(39)35-24-19-21-32;/h26-27,29,33H,2-25,32H2,1H3,(H,34,36)(H,35,39)(H,37,38);1H4. The number of carbonyl (C=O) groups excluding carboxylic acids is 2. The zero-order valence-electron chi connectivity index (χ0n) is 25.0. The minimum Gasteiger partial charge on any atom is -0.354 e. The largest absolute Gasteiger partial charge is 0.354 e. The average Bonchev–Trinajstić information content (AvgIpc) is 3.45. The SMILES string of the molecule is C.CCCCCCCCCCCCCCCCCCNCCCC(=O)NC(Cc1cnc[nH]1)C(=O)NCCCN. The Bertz CT molecular complexity index is 683. The van der Waals surface area contributed by atoms with E-state index in [0.717, 1.165) is 25.2 Å². The maximum atomic E-state index is 12.5. The maximum absolute atomic E-state index is 12.5. The molecule has 0 saturated heterocycles. The van der Waals surface area contributed by atoms with Crippen molar-refractivity contribution in [2.75, 3.05) is 26.2 Å². The predicted molar refractivity (Wildman–Crippen MR) is 169 cm³/mol. The van der Waals surface area contributed by atoms with Crippen LogP contribution in [0.4, 0.5) is 0 Å². The number of nitrogens with zero attached hydrogens (tertiary/aromatic N) is 1. The minimum absolute atomic E-state index is 0. The number of carbonyl (C=O) groups is 2. The quantitative estimate of drug-likeness (QED) is 0.0779. The topological polar surface area (TPSA) is 125 Å². The first-order valence-corrected chi connectivity index (χ1v) is 16.1. The normalized spacial score (nSPS) is 11.7. The molecule has 0 fully saturated rings. The van der Waals surface area contributed by atoms with Crippen molar-refractivity contribution >= 4 is 11.8 Å².